The summed E-state index contributed by atoms with van der Waals surface area (Å²) in [5.41, 5.74) is 7.53. The first kappa shape index (κ1) is 10.7. The van der Waals surface area contributed by atoms with Crippen LogP contribution in [0.1, 0.15) is 5.56 Å². The zero-order valence-electron chi connectivity index (χ0n) is 8.74. The van der Waals surface area contributed by atoms with E-state index in [0.717, 1.165) is 11.3 Å². The normalized spacial score (nSPS) is 10.1. The zero-order chi connectivity index (χ0) is 11.5. The molecule has 0 saturated carbocycles. The fraction of sp³-hybridized carbons (Fsp3) is 0.0909. The van der Waals surface area contributed by atoms with Crippen molar-refractivity contribution in [1.29, 1.82) is 0 Å². The van der Waals surface area contributed by atoms with Gasteiger partial charge in [0.2, 0.25) is 0 Å². The molecule has 0 atom stereocenters. The lowest BCUT2D eigenvalue weighted by Gasteiger charge is -2.08. The largest absolute Gasteiger partial charge is 0.381 e. The Balaban J connectivity index is 2.28. The highest BCUT2D eigenvalue weighted by Crippen LogP contribution is 2.23. The molecule has 0 saturated heterocycles. The highest BCUT2D eigenvalue weighted by Gasteiger charge is 2.02. The molecule has 0 amide bonds. The first-order valence-electron chi connectivity index (χ1n) is 4.76. The maximum Gasteiger partial charge on any atom is 0.173 e. The van der Waals surface area contributed by atoms with E-state index in [2.05, 4.69) is 15.3 Å². The molecule has 16 heavy (non-hydrogen) atoms. The van der Waals surface area contributed by atoms with Gasteiger partial charge in [0, 0.05) is 23.1 Å². The van der Waals surface area contributed by atoms with Crippen molar-refractivity contribution in [3.05, 3.63) is 41.2 Å². The lowest BCUT2D eigenvalue weighted by Crippen LogP contribution is -2.00. The number of nitrogens with one attached hydrogen (secondary N) is 1. The van der Waals surface area contributed by atoms with Crippen LogP contribution in [0, 0.1) is 6.92 Å². The average Bonchev–Trinajstić information content (AvgIpc) is 2.27. The summed E-state index contributed by atoms with van der Waals surface area (Å²) in [6.45, 7) is 1.95. The number of rotatable bonds is 2. The van der Waals surface area contributed by atoms with Crippen LogP contribution in [0.5, 0.6) is 0 Å². The van der Waals surface area contributed by atoms with Gasteiger partial charge in [0.15, 0.2) is 11.6 Å². The van der Waals surface area contributed by atoms with E-state index in [1.54, 1.807) is 12.4 Å². The van der Waals surface area contributed by atoms with Crippen LogP contribution in [0.2, 0.25) is 5.02 Å². The number of nitrogens with two attached hydrogens (primary N) is 1. The van der Waals surface area contributed by atoms with Crippen molar-refractivity contribution in [2.45, 2.75) is 6.92 Å². The average molecular weight is 235 g/mol. The van der Waals surface area contributed by atoms with Gasteiger partial charge in [-0.3, -0.25) is 0 Å². The van der Waals surface area contributed by atoms with Gasteiger partial charge in [0.1, 0.15) is 0 Å². The van der Waals surface area contributed by atoms with Gasteiger partial charge in [-0.25, -0.2) is 9.97 Å². The van der Waals surface area contributed by atoms with Gasteiger partial charge < -0.3 is 11.1 Å². The lowest BCUT2D eigenvalue weighted by atomic mass is 10.2. The molecule has 0 aliphatic carbocycles. The molecule has 4 nitrogen and oxygen atoms in total. The molecule has 0 bridgehead atoms. The van der Waals surface area contributed by atoms with Crippen LogP contribution >= 0.6 is 11.6 Å². The minimum absolute atomic E-state index is 0.360. The van der Waals surface area contributed by atoms with Gasteiger partial charge in [0.25, 0.3) is 0 Å². The summed E-state index contributed by atoms with van der Waals surface area (Å²) >= 11 is 6.01. The number of aryl methyl sites for hydroxylation is 1. The van der Waals surface area contributed by atoms with E-state index in [9.17, 15) is 0 Å². The highest BCUT2D eigenvalue weighted by atomic mass is 35.5. The maximum absolute atomic E-state index is 6.01. The topological polar surface area (TPSA) is 63.8 Å². The lowest BCUT2D eigenvalue weighted by molar-refractivity contribution is 1.21. The Kier molecular flexibility index (Phi) is 2.92. The summed E-state index contributed by atoms with van der Waals surface area (Å²) in [5, 5.41) is 3.76. The predicted molar refractivity (Wildman–Crippen MR) is 65.9 cm³/mol. The number of halogens is 1. The second-order valence-electron chi connectivity index (χ2n) is 3.38. The van der Waals surface area contributed by atoms with Gasteiger partial charge in [-0.15, -0.1) is 0 Å². The number of nitrogen functional groups attached to an aromatic ring is 1. The summed E-state index contributed by atoms with van der Waals surface area (Å²) in [5.74, 6) is 0.890. The van der Waals surface area contributed by atoms with Crippen molar-refractivity contribution in [2.75, 3.05) is 11.1 Å². The van der Waals surface area contributed by atoms with E-state index >= 15 is 0 Å². The quantitative estimate of drug-likeness (QED) is 0.839. The van der Waals surface area contributed by atoms with Crippen molar-refractivity contribution in [3.8, 4) is 0 Å². The molecule has 1 aromatic carbocycles. The van der Waals surface area contributed by atoms with Crippen LogP contribution in [-0.4, -0.2) is 9.97 Å². The van der Waals surface area contributed by atoms with E-state index in [1.165, 1.54) is 0 Å². The first-order valence-corrected chi connectivity index (χ1v) is 5.14. The van der Waals surface area contributed by atoms with Crippen LogP contribution in [0.25, 0.3) is 0 Å². The third-order valence-corrected chi connectivity index (χ3v) is 2.57. The smallest absolute Gasteiger partial charge is 0.173 e. The Labute approximate surface area is 98.5 Å². The Morgan fingerprint density at radius 2 is 2.00 bits per heavy atom. The summed E-state index contributed by atoms with van der Waals surface area (Å²) in [6, 6.07) is 5.66. The second-order valence-corrected chi connectivity index (χ2v) is 3.79. The molecule has 2 rings (SSSR count). The molecule has 0 aliphatic heterocycles. The fourth-order valence-electron chi connectivity index (χ4n) is 1.25. The molecular weight excluding hydrogens is 224 g/mol. The van der Waals surface area contributed by atoms with Crippen LogP contribution < -0.4 is 11.1 Å². The Morgan fingerprint density at radius 1 is 1.25 bits per heavy atom. The first-order chi connectivity index (χ1) is 7.66. The molecule has 0 radical (unpaired) electrons. The third kappa shape index (κ3) is 2.23. The standard InChI is InChI=1S/C11H11ClN4/c1-7-2-3-8(6-9(7)12)16-11-10(13)14-4-5-15-11/h2-6H,1H3,(H2,13,14)(H,15,16). The molecule has 0 unspecified atom stereocenters. The minimum atomic E-state index is 0.360. The molecular formula is C11H11ClN4. The van der Waals surface area contributed by atoms with Crippen molar-refractivity contribution >= 4 is 28.9 Å². The SMILES string of the molecule is Cc1ccc(Nc2nccnc2N)cc1Cl. The predicted octanol–water partition coefficient (Wildman–Crippen LogP) is 2.76. The third-order valence-electron chi connectivity index (χ3n) is 2.16. The molecule has 0 spiro atoms. The van der Waals surface area contributed by atoms with Crippen molar-refractivity contribution < 1.29 is 0 Å². The van der Waals surface area contributed by atoms with E-state index in [4.69, 9.17) is 17.3 Å². The van der Waals surface area contributed by atoms with E-state index in [-0.39, 0.29) is 0 Å². The summed E-state index contributed by atoms with van der Waals surface area (Å²) in [6.07, 6.45) is 3.12. The van der Waals surface area contributed by atoms with Crippen LogP contribution in [0.15, 0.2) is 30.6 Å². The van der Waals surface area contributed by atoms with Gasteiger partial charge in [0.05, 0.1) is 0 Å². The summed E-state index contributed by atoms with van der Waals surface area (Å²) < 4.78 is 0. The number of hydrogen-bond acceptors (Lipinski definition) is 4. The number of anilines is 3. The second kappa shape index (κ2) is 4.37. The van der Waals surface area contributed by atoms with E-state index in [0.29, 0.717) is 16.7 Å². The van der Waals surface area contributed by atoms with Gasteiger partial charge >= 0.3 is 0 Å². The van der Waals surface area contributed by atoms with Gasteiger partial charge in [-0.05, 0) is 24.6 Å². The number of nitrogens with zero attached hydrogens (tertiary/aromatic N) is 2. The molecule has 1 heterocycles. The molecule has 0 aliphatic rings. The van der Waals surface area contributed by atoms with Crippen LogP contribution in [-0.2, 0) is 0 Å². The number of aromatic nitrogens is 2. The summed E-state index contributed by atoms with van der Waals surface area (Å²) in [4.78, 5) is 8.02. The van der Waals surface area contributed by atoms with Crippen LogP contribution in [0.4, 0.5) is 17.3 Å². The van der Waals surface area contributed by atoms with E-state index in [1.807, 2.05) is 25.1 Å². The minimum Gasteiger partial charge on any atom is -0.381 e. The molecule has 5 heteroatoms. The fourth-order valence-corrected chi connectivity index (χ4v) is 1.43. The highest BCUT2D eigenvalue weighted by molar-refractivity contribution is 6.31. The zero-order valence-corrected chi connectivity index (χ0v) is 9.49. The summed E-state index contributed by atoms with van der Waals surface area (Å²) in [7, 11) is 0. The molecule has 3 N–H and O–H groups in total. The maximum atomic E-state index is 6.01. The molecule has 1 aromatic heterocycles. The van der Waals surface area contributed by atoms with Gasteiger partial charge in [-0.2, -0.15) is 0 Å². The molecule has 82 valence electrons. The monoisotopic (exact) mass is 234 g/mol. The van der Waals surface area contributed by atoms with Crippen molar-refractivity contribution in [2.24, 2.45) is 0 Å². The molecule has 0 fully saturated rings. The Bertz CT molecular complexity index is 513. The Hall–Kier alpha value is -1.81. The van der Waals surface area contributed by atoms with E-state index < -0.39 is 0 Å². The Morgan fingerprint density at radius 3 is 2.69 bits per heavy atom. The van der Waals surface area contributed by atoms with Crippen molar-refractivity contribution in [1.82, 2.24) is 9.97 Å². The number of benzene rings is 1. The van der Waals surface area contributed by atoms with Crippen molar-refractivity contribution in [3.63, 3.8) is 0 Å². The van der Waals surface area contributed by atoms with Crippen LogP contribution in [0.3, 0.4) is 0 Å². The number of hydrogen-bond donors (Lipinski definition) is 2. The van der Waals surface area contributed by atoms with Gasteiger partial charge in [-0.1, -0.05) is 17.7 Å². The molecule has 2 aromatic rings.